The number of aliphatic hydroxyl groups excluding tert-OH is 1. The number of carboxylic acid groups (broad SMARTS) is 1. The fraction of sp³-hybridized carbons (Fsp3) is 0.667. The summed E-state index contributed by atoms with van der Waals surface area (Å²) < 4.78 is 0. The summed E-state index contributed by atoms with van der Waals surface area (Å²) in [5, 5.41) is 15.9. The van der Waals surface area contributed by atoms with Crippen LogP contribution in [0, 0.1) is 0 Å². The number of carbonyl (C=O) groups is 1. The summed E-state index contributed by atoms with van der Waals surface area (Å²) in [4.78, 5) is 9.67. The molecule has 0 atom stereocenters. The first-order valence-electron chi connectivity index (χ1n) is 4.32. The number of hydrogen-bond acceptors (Lipinski definition) is 3. The average molecular weight is 189 g/mol. The maximum absolute atomic E-state index is 9.67. The summed E-state index contributed by atoms with van der Waals surface area (Å²) in [6, 6.07) is 0. The Bertz CT molecular complexity index is 142. The van der Waals surface area contributed by atoms with Gasteiger partial charge in [-0.05, 0) is 13.0 Å². The third kappa shape index (κ3) is 14.0. The van der Waals surface area contributed by atoms with Gasteiger partial charge in [-0.25, -0.2) is 4.79 Å². The van der Waals surface area contributed by atoms with Gasteiger partial charge in [-0.3, -0.25) is 0 Å². The molecule has 0 unspecified atom stereocenters. The van der Waals surface area contributed by atoms with Crippen LogP contribution in [0.15, 0.2) is 12.2 Å². The van der Waals surface area contributed by atoms with Crippen LogP contribution in [0.5, 0.6) is 0 Å². The molecule has 0 heterocycles. The van der Waals surface area contributed by atoms with Gasteiger partial charge in [-0.15, -0.1) is 0 Å². The van der Waals surface area contributed by atoms with Gasteiger partial charge in [-0.1, -0.05) is 26.3 Å². The van der Waals surface area contributed by atoms with Crippen LogP contribution in [-0.2, 0) is 4.79 Å². The van der Waals surface area contributed by atoms with Crippen molar-refractivity contribution in [2.75, 3.05) is 13.2 Å². The van der Waals surface area contributed by atoms with E-state index in [1.54, 1.807) is 0 Å². The molecule has 0 aliphatic carbocycles. The Labute approximate surface area is 79.1 Å². The number of rotatable bonds is 5. The molecule has 0 saturated heterocycles. The van der Waals surface area contributed by atoms with Gasteiger partial charge in [0.15, 0.2) is 0 Å². The van der Waals surface area contributed by atoms with Crippen molar-refractivity contribution in [1.82, 2.24) is 0 Å². The molecule has 0 aromatic rings. The van der Waals surface area contributed by atoms with Crippen molar-refractivity contribution in [2.45, 2.75) is 26.2 Å². The van der Waals surface area contributed by atoms with Crippen molar-refractivity contribution in [3.8, 4) is 0 Å². The van der Waals surface area contributed by atoms with E-state index in [1.807, 2.05) is 0 Å². The fourth-order valence-corrected chi connectivity index (χ4v) is 0.462. The largest absolute Gasteiger partial charge is 0.478 e. The van der Waals surface area contributed by atoms with E-state index in [0.717, 1.165) is 6.54 Å². The van der Waals surface area contributed by atoms with Crippen LogP contribution in [0.3, 0.4) is 0 Å². The number of carboxylic acids is 1. The Morgan fingerprint density at radius 2 is 2.00 bits per heavy atom. The summed E-state index contributed by atoms with van der Waals surface area (Å²) in [5.74, 6) is -1.15. The van der Waals surface area contributed by atoms with Crippen molar-refractivity contribution in [3.05, 3.63) is 12.2 Å². The highest BCUT2D eigenvalue weighted by Crippen LogP contribution is 1.88. The summed E-state index contributed by atoms with van der Waals surface area (Å²) in [7, 11) is 0. The molecule has 0 saturated carbocycles. The summed E-state index contributed by atoms with van der Waals surface area (Å²) in [5.41, 5.74) is 5.03. The molecule has 0 aromatic carbocycles. The van der Waals surface area contributed by atoms with E-state index in [0.29, 0.717) is 0 Å². The zero-order valence-electron chi connectivity index (χ0n) is 8.12. The second-order valence-corrected chi connectivity index (χ2v) is 2.56. The Morgan fingerprint density at radius 3 is 2.08 bits per heavy atom. The van der Waals surface area contributed by atoms with E-state index >= 15 is 0 Å². The van der Waals surface area contributed by atoms with E-state index in [-0.39, 0.29) is 5.57 Å². The first kappa shape index (κ1) is 14.6. The molecule has 0 radical (unpaired) electrons. The van der Waals surface area contributed by atoms with Gasteiger partial charge in [0.2, 0.25) is 0 Å². The van der Waals surface area contributed by atoms with Crippen LogP contribution in [0.25, 0.3) is 0 Å². The molecule has 0 bridgehead atoms. The lowest BCUT2D eigenvalue weighted by atomic mass is 10.3. The minimum absolute atomic E-state index is 0.181. The monoisotopic (exact) mass is 189 g/mol. The predicted molar refractivity (Wildman–Crippen MR) is 52.4 cm³/mol. The lowest BCUT2D eigenvalue weighted by Gasteiger charge is -1.87. The molecule has 0 spiro atoms. The maximum Gasteiger partial charge on any atom is 0.333 e. The van der Waals surface area contributed by atoms with E-state index in [9.17, 15) is 4.79 Å². The van der Waals surface area contributed by atoms with Gasteiger partial charge >= 0.3 is 5.97 Å². The van der Waals surface area contributed by atoms with Crippen molar-refractivity contribution in [3.63, 3.8) is 0 Å². The first-order valence-corrected chi connectivity index (χ1v) is 4.32. The molecule has 0 rings (SSSR count). The van der Waals surface area contributed by atoms with E-state index in [4.69, 9.17) is 15.9 Å². The third-order valence-corrected chi connectivity index (χ3v) is 1.30. The quantitative estimate of drug-likeness (QED) is 0.440. The second kappa shape index (κ2) is 11.1. The van der Waals surface area contributed by atoms with Crippen LogP contribution >= 0.6 is 0 Å². The zero-order valence-corrected chi connectivity index (χ0v) is 8.12. The maximum atomic E-state index is 9.67. The molecule has 78 valence electrons. The predicted octanol–water partition coefficient (Wildman–Crippen LogP) is 0.755. The standard InChI is InChI=1S/C5H13N.C4H6O3/c1-2-3-4-5-6;1-3(2-5)4(6)7/h2-6H2,1H3;5H,1-2H2,(H,6,7). The highest BCUT2D eigenvalue weighted by atomic mass is 16.4. The van der Waals surface area contributed by atoms with Gasteiger partial charge < -0.3 is 15.9 Å². The topological polar surface area (TPSA) is 83.5 Å². The minimum atomic E-state index is -1.15. The van der Waals surface area contributed by atoms with E-state index in [1.165, 1.54) is 19.3 Å². The van der Waals surface area contributed by atoms with Crippen LogP contribution in [0.4, 0.5) is 0 Å². The molecule has 4 N–H and O–H groups in total. The molecule has 4 heteroatoms. The van der Waals surface area contributed by atoms with Crippen LogP contribution in [0.2, 0.25) is 0 Å². The zero-order chi connectivity index (χ0) is 10.7. The smallest absolute Gasteiger partial charge is 0.333 e. The van der Waals surface area contributed by atoms with Crippen LogP contribution in [0.1, 0.15) is 26.2 Å². The highest BCUT2D eigenvalue weighted by Gasteiger charge is 1.97. The Hall–Kier alpha value is -0.870. The molecule has 0 aliphatic heterocycles. The van der Waals surface area contributed by atoms with Crippen LogP contribution in [-0.4, -0.2) is 29.3 Å². The molecular weight excluding hydrogens is 170 g/mol. The minimum Gasteiger partial charge on any atom is -0.478 e. The molecule has 13 heavy (non-hydrogen) atoms. The number of unbranched alkanes of at least 4 members (excludes halogenated alkanes) is 2. The Kier molecular flexibility index (Phi) is 12.5. The molecule has 4 nitrogen and oxygen atoms in total. The Balaban J connectivity index is 0. The normalized spacial score (nSPS) is 8.54. The van der Waals surface area contributed by atoms with Crippen LogP contribution < -0.4 is 5.73 Å². The molecule has 0 amide bonds. The van der Waals surface area contributed by atoms with Crippen molar-refractivity contribution < 1.29 is 15.0 Å². The van der Waals surface area contributed by atoms with Crippen molar-refractivity contribution >= 4 is 5.97 Å². The fourth-order valence-electron chi connectivity index (χ4n) is 0.462. The van der Waals surface area contributed by atoms with Gasteiger partial charge in [0.1, 0.15) is 0 Å². The van der Waals surface area contributed by atoms with Gasteiger partial charge in [-0.2, -0.15) is 0 Å². The van der Waals surface area contributed by atoms with Gasteiger partial charge in [0.05, 0.1) is 12.2 Å². The van der Waals surface area contributed by atoms with Gasteiger partial charge in [0, 0.05) is 0 Å². The second-order valence-electron chi connectivity index (χ2n) is 2.56. The summed E-state index contributed by atoms with van der Waals surface area (Å²) in [6.07, 6.45) is 3.75. The van der Waals surface area contributed by atoms with Crippen molar-refractivity contribution in [1.29, 1.82) is 0 Å². The first-order chi connectivity index (χ1) is 6.09. The molecule has 0 aliphatic rings. The van der Waals surface area contributed by atoms with Crippen molar-refractivity contribution in [2.24, 2.45) is 5.73 Å². The molecular formula is C9H19NO3. The number of hydrogen-bond donors (Lipinski definition) is 3. The van der Waals surface area contributed by atoms with Gasteiger partial charge in [0.25, 0.3) is 0 Å². The van der Waals surface area contributed by atoms with E-state index in [2.05, 4.69) is 13.5 Å². The lowest BCUT2D eigenvalue weighted by Crippen LogP contribution is -2.01. The molecule has 0 aromatic heterocycles. The van der Waals surface area contributed by atoms with E-state index < -0.39 is 12.6 Å². The molecule has 0 fully saturated rings. The number of nitrogens with two attached hydrogens (primary N) is 1. The highest BCUT2D eigenvalue weighted by molar-refractivity contribution is 5.85. The Morgan fingerprint density at radius 1 is 1.46 bits per heavy atom. The number of aliphatic hydroxyl groups is 1. The third-order valence-electron chi connectivity index (χ3n) is 1.30. The SMILES string of the molecule is C=C(CO)C(=O)O.CCCCCN. The number of aliphatic carboxylic acids is 1. The average Bonchev–Trinajstić information content (AvgIpc) is 2.14. The lowest BCUT2D eigenvalue weighted by molar-refractivity contribution is -0.133. The summed E-state index contributed by atoms with van der Waals surface area (Å²) in [6.45, 7) is 5.58. The summed E-state index contributed by atoms with van der Waals surface area (Å²) >= 11 is 0.